The molecule has 3 nitrogen and oxygen atoms in total. The standard InChI is InChI=1S/C12H10BrClN2OS/c13-9-3-1-2-8(6-9)10-7-18-12(15-10)16-11(17)4-5-14/h1-3,6-7H,4-5H2,(H,15,16,17). The fourth-order valence-electron chi connectivity index (χ4n) is 1.38. The summed E-state index contributed by atoms with van der Waals surface area (Å²) in [6.45, 7) is 0. The normalized spacial score (nSPS) is 10.3. The lowest BCUT2D eigenvalue weighted by atomic mass is 10.2. The SMILES string of the molecule is O=C(CCCl)Nc1nc(-c2cccc(Br)c2)cs1. The number of hydrogen-bond donors (Lipinski definition) is 1. The second-order valence-corrected chi connectivity index (χ2v) is 5.69. The molecule has 0 atom stereocenters. The molecule has 0 saturated heterocycles. The molecule has 1 aromatic carbocycles. The first kappa shape index (κ1) is 13.5. The third kappa shape index (κ3) is 3.54. The van der Waals surface area contributed by atoms with Gasteiger partial charge in [0, 0.05) is 27.7 Å². The van der Waals surface area contributed by atoms with E-state index < -0.39 is 0 Å². The van der Waals surface area contributed by atoms with Crippen LogP contribution in [0.1, 0.15) is 6.42 Å². The Morgan fingerprint density at radius 3 is 3.06 bits per heavy atom. The number of hydrogen-bond acceptors (Lipinski definition) is 3. The Morgan fingerprint density at radius 1 is 1.50 bits per heavy atom. The zero-order valence-corrected chi connectivity index (χ0v) is 12.5. The summed E-state index contributed by atoms with van der Waals surface area (Å²) in [6, 6.07) is 7.87. The van der Waals surface area contributed by atoms with Gasteiger partial charge in [-0.2, -0.15) is 0 Å². The summed E-state index contributed by atoms with van der Waals surface area (Å²) in [5.41, 5.74) is 1.86. The molecule has 0 spiro atoms. The van der Waals surface area contributed by atoms with Gasteiger partial charge in [0.1, 0.15) is 0 Å². The van der Waals surface area contributed by atoms with Crippen LogP contribution in [0.2, 0.25) is 0 Å². The molecule has 0 aliphatic carbocycles. The van der Waals surface area contributed by atoms with Gasteiger partial charge < -0.3 is 5.32 Å². The monoisotopic (exact) mass is 344 g/mol. The molecule has 0 aliphatic heterocycles. The number of carbonyl (C=O) groups excluding carboxylic acids is 1. The molecule has 1 N–H and O–H groups in total. The summed E-state index contributed by atoms with van der Waals surface area (Å²) in [5, 5.41) is 5.23. The van der Waals surface area contributed by atoms with Gasteiger partial charge in [0.05, 0.1) is 5.69 Å². The van der Waals surface area contributed by atoms with Crippen molar-refractivity contribution in [3.05, 3.63) is 34.1 Å². The van der Waals surface area contributed by atoms with E-state index in [1.807, 2.05) is 29.6 Å². The topological polar surface area (TPSA) is 42.0 Å². The largest absolute Gasteiger partial charge is 0.302 e. The first-order chi connectivity index (χ1) is 8.69. The van der Waals surface area contributed by atoms with Crippen LogP contribution >= 0.6 is 38.9 Å². The number of alkyl halides is 1. The van der Waals surface area contributed by atoms with Gasteiger partial charge in [0.25, 0.3) is 0 Å². The fourth-order valence-corrected chi connectivity index (χ4v) is 2.69. The number of benzene rings is 1. The number of carbonyl (C=O) groups is 1. The molecule has 18 heavy (non-hydrogen) atoms. The van der Waals surface area contributed by atoms with Gasteiger partial charge in [-0.3, -0.25) is 4.79 Å². The Bertz CT molecular complexity index is 559. The third-order valence-electron chi connectivity index (χ3n) is 2.19. The van der Waals surface area contributed by atoms with Crippen molar-refractivity contribution in [2.75, 3.05) is 11.2 Å². The zero-order valence-electron chi connectivity index (χ0n) is 9.32. The Balaban J connectivity index is 2.13. The molecule has 2 aromatic rings. The highest BCUT2D eigenvalue weighted by molar-refractivity contribution is 9.10. The maximum absolute atomic E-state index is 11.4. The lowest BCUT2D eigenvalue weighted by Crippen LogP contribution is -2.11. The molecule has 0 radical (unpaired) electrons. The molecule has 1 aromatic heterocycles. The van der Waals surface area contributed by atoms with Crippen molar-refractivity contribution in [1.29, 1.82) is 0 Å². The number of nitrogens with one attached hydrogen (secondary N) is 1. The van der Waals surface area contributed by atoms with Crippen LogP contribution in [0.5, 0.6) is 0 Å². The quantitative estimate of drug-likeness (QED) is 0.846. The van der Waals surface area contributed by atoms with E-state index in [2.05, 4.69) is 26.2 Å². The van der Waals surface area contributed by atoms with Gasteiger partial charge in [0.15, 0.2) is 5.13 Å². The molecular formula is C12H10BrClN2OS. The van der Waals surface area contributed by atoms with Crippen LogP contribution in [0.3, 0.4) is 0 Å². The van der Waals surface area contributed by atoms with E-state index in [-0.39, 0.29) is 5.91 Å². The molecule has 0 unspecified atom stereocenters. The van der Waals surface area contributed by atoms with Gasteiger partial charge in [0.2, 0.25) is 5.91 Å². The minimum Gasteiger partial charge on any atom is -0.302 e. The van der Waals surface area contributed by atoms with Gasteiger partial charge in [-0.15, -0.1) is 22.9 Å². The van der Waals surface area contributed by atoms with Crippen molar-refractivity contribution in [3.63, 3.8) is 0 Å². The summed E-state index contributed by atoms with van der Waals surface area (Å²) >= 11 is 10.3. The van der Waals surface area contributed by atoms with Crippen LogP contribution in [-0.4, -0.2) is 16.8 Å². The van der Waals surface area contributed by atoms with Crippen LogP contribution in [0, 0.1) is 0 Å². The average molecular weight is 346 g/mol. The van der Waals surface area contributed by atoms with Gasteiger partial charge in [-0.05, 0) is 12.1 Å². The molecule has 0 saturated carbocycles. The van der Waals surface area contributed by atoms with Gasteiger partial charge >= 0.3 is 0 Å². The predicted octanol–water partition coefficient (Wildman–Crippen LogP) is 4.14. The fraction of sp³-hybridized carbons (Fsp3) is 0.167. The lowest BCUT2D eigenvalue weighted by Gasteiger charge is -1.99. The van der Waals surface area contributed by atoms with Crippen LogP contribution < -0.4 is 5.32 Å². The summed E-state index contributed by atoms with van der Waals surface area (Å²) in [5.74, 6) is 0.204. The van der Waals surface area contributed by atoms with E-state index >= 15 is 0 Å². The van der Waals surface area contributed by atoms with Crippen LogP contribution in [0.25, 0.3) is 11.3 Å². The number of rotatable bonds is 4. The van der Waals surface area contributed by atoms with Crippen molar-refractivity contribution in [2.45, 2.75) is 6.42 Å². The Kier molecular flexibility index (Phi) is 4.74. The van der Waals surface area contributed by atoms with E-state index in [0.29, 0.717) is 17.4 Å². The van der Waals surface area contributed by atoms with Crippen molar-refractivity contribution in [2.24, 2.45) is 0 Å². The highest BCUT2D eigenvalue weighted by Crippen LogP contribution is 2.26. The summed E-state index contributed by atoms with van der Waals surface area (Å²) < 4.78 is 1.00. The number of halogens is 2. The van der Waals surface area contributed by atoms with E-state index in [9.17, 15) is 4.79 Å². The number of nitrogens with zero attached hydrogens (tertiary/aromatic N) is 1. The summed E-state index contributed by atoms with van der Waals surface area (Å²) in [7, 11) is 0. The van der Waals surface area contributed by atoms with Crippen molar-refractivity contribution >= 4 is 49.9 Å². The molecule has 0 bridgehead atoms. The average Bonchev–Trinajstić information content (AvgIpc) is 2.78. The van der Waals surface area contributed by atoms with E-state index in [4.69, 9.17) is 11.6 Å². The van der Waals surface area contributed by atoms with E-state index in [1.165, 1.54) is 11.3 Å². The molecular weight excluding hydrogens is 336 g/mol. The Morgan fingerprint density at radius 2 is 2.33 bits per heavy atom. The molecule has 6 heteroatoms. The molecule has 94 valence electrons. The predicted molar refractivity (Wildman–Crippen MR) is 79.2 cm³/mol. The van der Waals surface area contributed by atoms with Crippen molar-refractivity contribution < 1.29 is 4.79 Å². The zero-order chi connectivity index (χ0) is 13.0. The third-order valence-corrected chi connectivity index (χ3v) is 3.63. The van der Waals surface area contributed by atoms with E-state index in [1.54, 1.807) is 0 Å². The Labute approximate surface area is 122 Å². The maximum atomic E-state index is 11.4. The number of anilines is 1. The lowest BCUT2D eigenvalue weighted by molar-refractivity contribution is -0.115. The summed E-state index contributed by atoms with van der Waals surface area (Å²) in [6.07, 6.45) is 0.299. The number of amides is 1. The second kappa shape index (κ2) is 6.31. The van der Waals surface area contributed by atoms with Crippen LogP contribution in [0.4, 0.5) is 5.13 Å². The van der Waals surface area contributed by atoms with Gasteiger partial charge in [-0.1, -0.05) is 28.1 Å². The molecule has 0 aliphatic rings. The molecule has 1 heterocycles. The minimum atomic E-state index is -0.111. The van der Waals surface area contributed by atoms with E-state index in [0.717, 1.165) is 15.7 Å². The first-order valence-corrected chi connectivity index (χ1v) is 7.47. The number of thiazole rings is 1. The minimum absolute atomic E-state index is 0.111. The molecule has 0 fully saturated rings. The molecule has 1 amide bonds. The van der Waals surface area contributed by atoms with Crippen molar-refractivity contribution in [3.8, 4) is 11.3 Å². The highest BCUT2D eigenvalue weighted by Gasteiger charge is 2.07. The molecule has 2 rings (SSSR count). The summed E-state index contributed by atoms with van der Waals surface area (Å²) in [4.78, 5) is 15.7. The highest BCUT2D eigenvalue weighted by atomic mass is 79.9. The Hall–Kier alpha value is -0.910. The number of aromatic nitrogens is 1. The maximum Gasteiger partial charge on any atom is 0.227 e. The smallest absolute Gasteiger partial charge is 0.227 e. The van der Waals surface area contributed by atoms with Crippen LogP contribution in [0.15, 0.2) is 34.1 Å². The van der Waals surface area contributed by atoms with Crippen LogP contribution in [-0.2, 0) is 4.79 Å². The van der Waals surface area contributed by atoms with Crippen molar-refractivity contribution in [1.82, 2.24) is 4.98 Å². The second-order valence-electron chi connectivity index (χ2n) is 3.54. The van der Waals surface area contributed by atoms with Gasteiger partial charge in [-0.25, -0.2) is 4.98 Å². The first-order valence-electron chi connectivity index (χ1n) is 5.26.